The van der Waals surface area contributed by atoms with Crippen molar-refractivity contribution in [2.24, 2.45) is 0 Å². The Kier molecular flexibility index (Phi) is 17.0. The summed E-state index contributed by atoms with van der Waals surface area (Å²) in [5.74, 6) is -1.75. The minimum atomic E-state index is -1.29. The molecule has 13 heteroatoms. The fourth-order valence-electron chi connectivity index (χ4n) is 3.32. The Balaban J connectivity index is 0.000000436. The number of carbonyl (C=O) groups excluding carboxylic acids is 1. The number of hydrogen-bond acceptors (Lipinski definition) is 8. The van der Waals surface area contributed by atoms with Gasteiger partial charge in [-0.2, -0.15) is 5.26 Å². The van der Waals surface area contributed by atoms with Crippen molar-refractivity contribution in [2.75, 3.05) is 6.54 Å². The molecule has 0 bridgehead atoms. The Bertz CT molecular complexity index is 1360. The molecule has 0 unspecified atom stereocenters. The Labute approximate surface area is 282 Å². The predicted octanol–water partition coefficient (Wildman–Crippen LogP) is 5.31. The van der Waals surface area contributed by atoms with Crippen LogP contribution in [0.25, 0.3) is 11.4 Å². The minimum absolute atomic E-state index is 0. The van der Waals surface area contributed by atoms with Crippen LogP contribution in [-0.4, -0.2) is 27.4 Å². The quantitative estimate of drug-likeness (QED) is 0.228. The Morgan fingerprint density at radius 1 is 0.829 bits per heavy atom. The molecule has 0 fully saturated rings. The van der Waals surface area contributed by atoms with Crippen molar-refractivity contribution in [3.63, 3.8) is 0 Å². The molecule has 0 saturated carbocycles. The standard InChI is InChI=1S/C16H13Br4NO4.C10H8N2.C2H3N.Fe/c17-10-1-8(15(24)12(19)3-10)5-21(7-14(22)23)6-9-2-11(18)4-13(20)16(9)25;1-3-7-11-9(5-1)10-6-2-4-8-12-10;1-2-3;/h1-4,24-25H,5-7H2,(H,22,23);1-8H;1H3;/q;;;+4/p-3. The fourth-order valence-corrected chi connectivity index (χ4v) is 5.95. The summed E-state index contributed by atoms with van der Waals surface area (Å²) < 4.78 is 2.13. The maximum atomic E-state index is 12.2. The van der Waals surface area contributed by atoms with Gasteiger partial charge >= 0.3 is 17.1 Å². The van der Waals surface area contributed by atoms with Crippen LogP contribution in [0, 0.1) is 11.3 Å². The second-order valence-electron chi connectivity index (χ2n) is 7.92. The average Bonchev–Trinajstić information content (AvgIpc) is 2.91. The van der Waals surface area contributed by atoms with Gasteiger partial charge in [0.25, 0.3) is 0 Å². The smallest absolute Gasteiger partial charge is 0.871 e. The van der Waals surface area contributed by atoms with Gasteiger partial charge in [-0.05, 0) is 59.7 Å². The number of carboxylic acid groups (broad SMARTS) is 1. The number of aromatic nitrogens is 2. The molecule has 0 aliphatic rings. The molecule has 0 aliphatic carbocycles. The van der Waals surface area contributed by atoms with Crippen LogP contribution in [0.1, 0.15) is 18.1 Å². The van der Waals surface area contributed by atoms with E-state index >= 15 is 0 Å². The summed E-state index contributed by atoms with van der Waals surface area (Å²) in [6, 6.07) is 19.8. The first kappa shape index (κ1) is 36.7. The Morgan fingerprint density at radius 2 is 1.22 bits per heavy atom. The molecule has 212 valence electrons. The van der Waals surface area contributed by atoms with E-state index in [-0.39, 0.29) is 41.7 Å². The molecular weight excluding hydrogens is 832 g/mol. The minimum Gasteiger partial charge on any atom is -0.871 e. The van der Waals surface area contributed by atoms with Crippen molar-refractivity contribution < 1.29 is 37.2 Å². The van der Waals surface area contributed by atoms with Crippen molar-refractivity contribution in [1.29, 1.82) is 5.26 Å². The average molecular weight is 853 g/mol. The van der Waals surface area contributed by atoms with Gasteiger partial charge in [0, 0.05) is 56.8 Å². The molecule has 0 aliphatic heterocycles. The largest absolute Gasteiger partial charge is 4.00 e. The molecule has 0 atom stereocenters. The van der Waals surface area contributed by atoms with Gasteiger partial charge in [-0.25, -0.2) is 0 Å². The van der Waals surface area contributed by atoms with Crippen LogP contribution in [0.3, 0.4) is 0 Å². The third kappa shape index (κ3) is 12.6. The Hall–Kier alpha value is -2.30. The SMILES string of the molecule is CC#N.O=C([O-])CN(Cc1cc(Br)cc(Br)c1[O-])Cc1cc(Br)cc(Br)c1[O-].[Fe+4].c1ccc(-c2ccccn2)nc1. The van der Waals surface area contributed by atoms with Gasteiger partial charge in [-0.1, -0.05) is 87.4 Å². The first-order valence-electron chi connectivity index (χ1n) is 11.4. The maximum Gasteiger partial charge on any atom is 4.00 e. The normalized spacial score (nSPS) is 9.78. The van der Waals surface area contributed by atoms with Crippen molar-refractivity contribution in [3.8, 4) is 29.0 Å². The number of pyridine rings is 2. The van der Waals surface area contributed by atoms with Gasteiger partial charge in [-0.3, -0.25) is 14.9 Å². The number of hydrogen-bond donors (Lipinski definition) is 0. The summed E-state index contributed by atoms with van der Waals surface area (Å²) in [7, 11) is 0. The third-order valence-corrected chi connectivity index (χ3v) is 7.00. The topological polar surface area (TPSA) is 139 Å². The molecule has 0 radical (unpaired) electrons. The Morgan fingerprint density at radius 3 is 1.54 bits per heavy atom. The number of nitriles is 1. The summed E-state index contributed by atoms with van der Waals surface area (Å²) in [4.78, 5) is 20.9. The van der Waals surface area contributed by atoms with E-state index in [0.29, 0.717) is 29.0 Å². The first-order chi connectivity index (χ1) is 19.0. The number of benzene rings is 2. The summed E-state index contributed by atoms with van der Waals surface area (Å²) in [5.41, 5.74) is 2.64. The van der Waals surface area contributed by atoms with E-state index in [1.54, 1.807) is 42.7 Å². The monoisotopic (exact) mass is 849 g/mol. The number of carbonyl (C=O) groups is 1. The second-order valence-corrected chi connectivity index (χ2v) is 11.5. The molecule has 0 amide bonds. The molecule has 2 aromatic heterocycles. The van der Waals surface area contributed by atoms with E-state index in [1.165, 1.54) is 11.8 Å². The van der Waals surface area contributed by atoms with Crippen molar-refractivity contribution in [2.45, 2.75) is 20.0 Å². The van der Waals surface area contributed by atoms with Crippen molar-refractivity contribution in [1.82, 2.24) is 14.9 Å². The molecule has 0 N–H and O–H groups in total. The van der Waals surface area contributed by atoms with Gasteiger partial charge in [-0.15, -0.1) is 0 Å². The van der Waals surface area contributed by atoms with Crippen LogP contribution in [0.5, 0.6) is 11.5 Å². The van der Waals surface area contributed by atoms with E-state index in [1.807, 2.05) is 36.4 Å². The van der Waals surface area contributed by atoms with E-state index in [9.17, 15) is 20.1 Å². The second kappa shape index (κ2) is 19.0. The van der Waals surface area contributed by atoms with E-state index in [4.69, 9.17) is 5.26 Å². The van der Waals surface area contributed by atoms with Crippen LogP contribution < -0.4 is 15.3 Å². The van der Waals surface area contributed by atoms with E-state index < -0.39 is 12.5 Å². The molecule has 0 saturated heterocycles. The van der Waals surface area contributed by atoms with E-state index in [2.05, 4.69) is 73.7 Å². The van der Waals surface area contributed by atoms with Gasteiger partial charge < -0.3 is 20.1 Å². The molecule has 2 aromatic carbocycles. The van der Waals surface area contributed by atoms with Crippen molar-refractivity contribution in [3.05, 3.63) is 102 Å². The zero-order valence-corrected chi connectivity index (χ0v) is 28.8. The van der Waals surface area contributed by atoms with Gasteiger partial charge in [0.05, 0.1) is 23.4 Å². The van der Waals surface area contributed by atoms with E-state index in [0.717, 1.165) is 11.4 Å². The van der Waals surface area contributed by atoms with Crippen LogP contribution in [0.2, 0.25) is 0 Å². The summed E-state index contributed by atoms with van der Waals surface area (Å²) in [6.45, 7) is 1.15. The predicted molar refractivity (Wildman–Crippen MR) is 160 cm³/mol. The molecule has 0 spiro atoms. The van der Waals surface area contributed by atoms with Gasteiger partial charge in [0.1, 0.15) is 0 Å². The number of carboxylic acids is 1. The van der Waals surface area contributed by atoms with Gasteiger partial charge in [0.15, 0.2) is 0 Å². The van der Waals surface area contributed by atoms with Crippen LogP contribution in [-0.2, 0) is 35.0 Å². The number of aliphatic carboxylic acids is 1. The number of rotatable bonds is 7. The number of nitrogens with zero attached hydrogens (tertiary/aromatic N) is 4. The molecule has 4 rings (SSSR count). The van der Waals surface area contributed by atoms with Crippen molar-refractivity contribution >= 4 is 69.7 Å². The summed E-state index contributed by atoms with van der Waals surface area (Å²) in [6.07, 6.45) is 3.54. The number of halogens is 4. The first-order valence-corrected chi connectivity index (χ1v) is 14.6. The van der Waals surface area contributed by atoms with Gasteiger partial charge in [0.2, 0.25) is 0 Å². The molecular formula is C28H21Br4FeN4O4+. The van der Waals surface area contributed by atoms with Crippen LogP contribution in [0.15, 0.2) is 90.9 Å². The molecule has 4 aromatic rings. The zero-order chi connectivity index (χ0) is 29.7. The van der Waals surface area contributed by atoms with Crippen LogP contribution in [0.4, 0.5) is 0 Å². The zero-order valence-electron chi connectivity index (χ0n) is 21.3. The summed E-state index contributed by atoms with van der Waals surface area (Å²) in [5, 5.41) is 42.9. The maximum absolute atomic E-state index is 12.2. The molecule has 2 heterocycles. The molecule has 8 nitrogen and oxygen atoms in total. The fraction of sp³-hybridized carbons (Fsp3) is 0.143. The summed E-state index contributed by atoms with van der Waals surface area (Å²) >= 11 is 13.0. The van der Waals surface area contributed by atoms with Crippen LogP contribution >= 0.6 is 63.7 Å². The molecule has 41 heavy (non-hydrogen) atoms. The third-order valence-electron chi connectivity index (χ3n) is 4.90.